The molecule has 1 aromatic rings. The Labute approximate surface area is 102 Å². The van der Waals surface area contributed by atoms with Crippen molar-refractivity contribution in [1.82, 2.24) is 5.32 Å². The van der Waals surface area contributed by atoms with Crippen molar-refractivity contribution in [2.45, 2.75) is 19.8 Å². The third kappa shape index (κ3) is 5.00. The van der Waals surface area contributed by atoms with Crippen LogP contribution in [0.3, 0.4) is 0 Å². The van der Waals surface area contributed by atoms with Gasteiger partial charge >= 0.3 is 0 Å². The molecule has 0 aromatic heterocycles. The zero-order valence-electron chi connectivity index (χ0n) is 10.5. The Bertz CT molecular complexity index is 363. The molecule has 17 heavy (non-hydrogen) atoms. The number of methoxy groups -OCH3 is 1. The van der Waals surface area contributed by atoms with Crippen LogP contribution in [-0.2, 0) is 0 Å². The number of benzene rings is 1. The van der Waals surface area contributed by atoms with Crippen molar-refractivity contribution < 1.29 is 9.13 Å². The standard InChI is InChI=1S/C14H20FNO/c1-3-9-16-10-5-4-6-12-11-13(15)7-8-14(12)17-2/h4,6-8,11,16H,3,5,9-10H2,1-2H3/b6-4+. The zero-order valence-corrected chi connectivity index (χ0v) is 10.5. The summed E-state index contributed by atoms with van der Waals surface area (Å²) in [4.78, 5) is 0. The molecule has 0 amide bonds. The third-order valence-electron chi connectivity index (χ3n) is 2.40. The Morgan fingerprint density at radius 1 is 1.35 bits per heavy atom. The molecule has 0 heterocycles. The largest absolute Gasteiger partial charge is 0.496 e. The molecule has 0 aliphatic heterocycles. The van der Waals surface area contributed by atoms with Gasteiger partial charge in [-0.1, -0.05) is 19.1 Å². The normalized spacial score (nSPS) is 11.0. The van der Waals surface area contributed by atoms with Gasteiger partial charge in [-0.2, -0.15) is 0 Å². The minimum Gasteiger partial charge on any atom is -0.496 e. The fourth-order valence-corrected chi connectivity index (χ4v) is 1.53. The van der Waals surface area contributed by atoms with Crippen LogP contribution in [0.15, 0.2) is 24.3 Å². The highest BCUT2D eigenvalue weighted by atomic mass is 19.1. The van der Waals surface area contributed by atoms with Crippen LogP contribution >= 0.6 is 0 Å². The maximum atomic E-state index is 13.1. The molecule has 0 aliphatic rings. The van der Waals surface area contributed by atoms with E-state index < -0.39 is 0 Å². The van der Waals surface area contributed by atoms with Crippen LogP contribution < -0.4 is 10.1 Å². The van der Waals surface area contributed by atoms with Crippen molar-refractivity contribution in [3.63, 3.8) is 0 Å². The third-order valence-corrected chi connectivity index (χ3v) is 2.40. The lowest BCUT2D eigenvalue weighted by Gasteiger charge is -2.04. The monoisotopic (exact) mass is 237 g/mol. The van der Waals surface area contributed by atoms with Crippen LogP contribution in [0, 0.1) is 5.82 Å². The highest BCUT2D eigenvalue weighted by Gasteiger charge is 2.00. The second-order valence-corrected chi connectivity index (χ2v) is 3.83. The van der Waals surface area contributed by atoms with Crippen molar-refractivity contribution in [2.75, 3.05) is 20.2 Å². The van der Waals surface area contributed by atoms with E-state index in [4.69, 9.17) is 4.74 Å². The van der Waals surface area contributed by atoms with E-state index in [0.717, 1.165) is 31.5 Å². The van der Waals surface area contributed by atoms with E-state index in [9.17, 15) is 4.39 Å². The summed E-state index contributed by atoms with van der Waals surface area (Å²) in [5, 5.41) is 3.30. The topological polar surface area (TPSA) is 21.3 Å². The van der Waals surface area contributed by atoms with Gasteiger partial charge in [0, 0.05) is 5.56 Å². The van der Waals surface area contributed by atoms with E-state index >= 15 is 0 Å². The number of nitrogens with one attached hydrogen (secondary N) is 1. The first kappa shape index (κ1) is 13.7. The Hall–Kier alpha value is -1.35. The molecule has 1 rings (SSSR count). The first-order valence-corrected chi connectivity index (χ1v) is 5.98. The van der Waals surface area contributed by atoms with E-state index in [1.54, 1.807) is 13.2 Å². The van der Waals surface area contributed by atoms with E-state index in [1.807, 2.05) is 12.2 Å². The number of ether oxygens (including phenoxy) is 1. The quantitative estimate of drug-likeness (QED) is 0.735. The van der Waals surface area contributed by atoms with Gasteiger partial charge in [0.25, 0.3) is 0 Å². The van der Waals surface area contributed by atoms with Crippen LogP contribution in [0.5, 0.6) is 5.75 Å². The van der Waals surface area contributed by atoms with Crippen molar-refractivity contribution >= 4 is 6.08 Å². The number of halogens is 1. The molecule has 0 fully saturated rings. The first-order chi connectivity index (χ1) is 8.27. The van der Waals surface area contributed by atoms with E-state index in [2.05, 4.69) is 12.2 Å². The molecule has 0 bridgehead atoms. The van der Waals surface area contributed by atoms with Gasteiger partial charge in [0.15, 0.2) is 0 Å². The molecule has 0 saturated heterocycles. The van der Waals surface area contributed by atoms with E-state index in [-0.39, 0.29) is 5.82 Å². The lowest BCUT2D eigenvalue weighted by Crippen LogP contribution is -2.14. The first-order valence-electron chi connectivity index (χ1n) is 5.98. The number of hydrogen-bond donors (Lipinski definition) is 1. The molecule has 0 unspecified atom stereocenters. The average Bonchev–Trinajstić information content (AvgIpc) is 2.34. The Kier molecular flexibility index (Phi) is 6.33. The second kappa shape index (κ2) is 7.85. The second-order valence-electron chi connectivity index (χ2n) is 3.83. The van der Waals surface area contributed by atoms with Crippen LogP contribution in [0.1, 0.15) is 25.3 Å². The average molecular weight is 237 g/mol. The molecule has 2 nitrogen and oxygen atoms in total. The maximum absolute atomic E-state index is 13.1. The lowest BCUT2D eigenvalue weighted by molar-refractivity contribution is 0.412. The summed E-state index contributed by atoms with van der Waals surface area (Å²) >= 11 is 0. The maximum Gasteiger partial charge on any atom is 0.126 e. The minimum absolute atomic E-state index is 0.241. The van der Waals surface area contributed by atoms with Gasteiger partial charge in [-0.15, -0.1) is 0 Å². The molecule has 0 spiro atoms. The van der Waals surface area contributed by atoms with Crippen LogP contribution in [0.4, 0.5) is 4.39 Å². The fraction of sp³-hybridized carbons (Fsp3) is 0.429. The lowest BCUT2D eigenvalue weighted by atomic mass is 10.1. The van der Waals surface area contributed by atoms with Gasteiger partial charge in [0.1, 0.15) is 11.6 Å². The van der Waals surface area contributed by atoms with Gasteiger partial charge in [0.05, 0.1) is 7.11 Å². The summed E-state index contributed by atoms with van der Waals surface area (Å²) in [5.41, 5.74) is 0.781. The molecule has 0 radical (unpaired) electrons. The van der Waals surface area contributed by atoms with E-state index in [0.29, 0.717) is 5.75 Å². The van der Waals surface area contributed by atoms with Gasteiger partial charge < -0.3 is 10.1 Å². The Morgan fingerprint density at radius 3 is 2.88 bits per heavy atom. The Balaban J connectivity index is 2.49. The summed E-state index contributed by atoms with van der Waals surface area (Å²) in [6.45, 7) is 4.12. The van der Waals surface area contributed by atoms with E-state index in [1.165, 1.54) is 12.1 Å². The molecular formula is C14H20FNO. The number of hydrogen-bond acceptors (Lipinski definition) is 2. The van der Waals surface area contributed by atoms with Gasteiger partial charge in [-0.05, 0) is 44.1 Å². The smallest absolute Gasteiger partial charge is 0.126 e. The van der Waals surface area contributed by atoms with Crippen molar-refractivity contribution in [3.8, 4) is 5.75 Å². The van der Waals surface area contributed by atoms with Crippen LogP contribution in [0.2, 0.25) is 0 Å². The summed E-state index contributed by atoms with van der Waals surface area (Å²) in [5.74, 6) is 0.457. The molecule has 1 N–H and O–H groups in total. The predicted molar refractivity (Wildman–Crippen MR) is 69.8 cm³/mol. The van der Waals surface area contributed by atoms with Gasteiger partial charge in [0.2, 0.25) is 0 Å². The molecule has 0 saturated carbocycles. The molecule has 1 aromatic carbocycles. The highest BCUT2D eigenvalue weighted by Crippen LogP contribution is 2.20. The zero-order chi connectivity index (χ0) is 12.5. The molecular weight excluding hydrogens is 217 g/mol. The molecule has 94 valence electrons. The minimum atomic E-state index is -0.241. The highest BCUT2D eigenvalue weighted by molar-refractivity contribution is 5.57. The van der Waals surface area contributed by atoms with Crippen LogP contribution in [0.25, 0.3) is 6.08 Å². The summed E-state index contributed by atoms with van der Waals surface area (Å²) in [7, 11) is 1.59. The van der Waals surface area contributed by atoms with Gasteiger partial charge in [-0.3, -0.25) is 0 Å². The summed E-state index contributed by atoms with van der Waals surface area (Å²) in [6, 6.07) is 4.53. The van der Waals surface area contributed by atoms with Gasteiger partial charge in [-0.25, -0.2) is 4.39 Å². The fourth-order valence-electron chi connectivity index (χ4n) is 1.53. The number of rotatable bonds is 7. The molecule has 3 heteroatoms. The molecule has 0 aliphatic carbocycles. The van der Waals surface area contributed by atoms with Crippen molar-refractivity contribution in [2.24, 2.45) is 0 Å². The summed E-state index contributed by atoms with van der Waals surface area (Å²) in [6.07, 6.45) is 6.00. The van der Waals surface area contributed by atoms with Crippen LogP contribution in [-0.4, -0.2) is 20.2 Å². The predicted octanol–water partition coefficient (Wildman–Crippen LogP) is 3.24. The Morgan fingerprint density at radius 2 is 2.18 bits per heavy atom. The van der Waals surface area contributed by atoms with Crippen molar-refractivity contribution in [1.29, 1.82) is 0 Å². The van der Waals surface area contributed by atoms with Crippen molar-refractivity contribution in [3.05, 3.63) is 35.7 Å². The molecule has 0 atom stereocenters. The SMILES string of the molecule is CCCNCC/C=C/c1cc(F)ccc1OC. The summed E-state index contributed by atoms with van der Waals surface area (Å²) < 4.78 is 18.2.